The molecule has 1 saturated carbocycles. The molecule has 1 atom stereocenters. The Balaban J connectivity index is 1.99. The van der Waals surface area contributed by atoms with Crippen molar-refractivity contribution in [1.29, 1.82) is 0 Å². The number of aryl methyl sites for hydroxylation is 1. The first-order valence-corrected chi connectivity index (χ1v) is 5.60. The lowest BCUT2D eigenvalue weighted by molar-refractivity contribution is 0.666. The van der Waals surface area contributed by atoms with Crippen LogP contribution in [0.15, 0.2) is 24.3 Å². The normalized spacial score (nSPS) is 18.1. The zero-order chi connectivity index (χ0) is 9.97. The Bertz CT molecular complexity index is 300. The van der Waals surface area contributed by atoms with Crippen LogP contribution in [0.1, 0.15) is 43.2 Å². The summed E-state index contributed by atoms with van der Waals surface area (Å²) in [6.45, 7) is 2.07. The molecule has 14 heavy (non-hydrogen) atoms. The van der Waals surface area contributed by atoms with Gasteiger partial charge in [0.2, 0.25) is 0 Å². The molecule has 0 aromatic heterocycles. The van der Waals surface area contributed by atoms with Crippen LogP contribution in [0.5, 0.6) is 0 Å². The summed E-state index contributed by atoms with van der Waals surface area (Å²) >= 11 is 0. The molecule has 0 amide bonds. The summed E-state index contributed by atoms with van der Waals surface area (Å²) in [5.74, 6) is 0.866. The molecule has 0 aliphatic heterocycles. The number of rotatable bonds is 4. The lowest BCUT2D eigenvalue weighted by atomic mass is 10.0. The molecule has 1 nitrogen and oxygen atoms in total. The molecule has 0 saturated heterocycles. The van der Waals surface area contributed by atoms with E-state index in [0.717, 1.165) is 18.8 Å². The highest BCUT2D eigenvalue weighted by atomic mass is 14.6. The monoisotopic (exact) mass is 189 g/mol. The van der Waals surface area contributed by atoms with E-state index in [1.807, 2.05) is 0 Å². The summed E-state index contributed by atoms with van der Waals surface area (Å²) in [5.41, 5.74) is 8.74. The number of nitrogens with two attached hydrogens (primary N) is 1. The number of benzene rings is 1. The molecule has 0 spiro atoms. The molecule has 1 aromatic carbocycles. The van der Waals surface area contributed by atoms with E-state index in [-0.39, 0.29) is 0 Å². The van der Waals surface area contributed by atoms with Crippen molar-refractivity contribution in [3.63, 3.8) is 0 Å². The third kappa shape index (κ3) is 2.58. The lowest BCUT2D eigenvalue weighted by Gasteiger charge is -2.06. The first-order valence-electron chi connectivity index (χ1n) is 5.60. The van der Waals surface area contributed by atoms with Gasteiger partial charge in [0.05, 0.1) is 0 Å². The minimum atomic E-state index is 0.319. The molecule has 0 heterocycles. The van der Waals surface area contributed by atoms with Crippen LogP contribution in [0, 0.1) is 0 Å². The Morgan fingerprint density at radius 3 is 2.86 bits per heavy atom. The first-order chi connectivity index (χ1) is 6.75. The maximum absolute atomic E-state index is 5.75. The molecule has 1 aromatic rings. The molecule has 0 radical (unpaired) electrons. The maximum atomic E-state index is 5.75. The molecule has 2 rings (SSSR count). The van der Waals surface area contributed by atoms with Crippen LogP contribution in [0.2, 0.25) is 0 Å². The van der Waals surface area contributed by atoms with Gasteiger partial charge in [-0.2, -0.15) is 0 Å². The van der Waals surface area contributed by atoms with E-state index in [4.69, 9.17) is 5.73 Å². The molecule has 1 aliphatic rings. The first kappa shape index (κ1) is 9.72. The summed E-state index contributed by atoms with van der Waals surface area (Å²) in [6.07, 6.45) is 4.99. The molecule has 1 fully saturated rings. The van der Waals surface area contributed by atoms with Gasteiger partial charge in [-0.05, 0) is 49.7 Å². The molecule has 0 unspecified atom stereocenters. The molecule has 0 bridgehead atoms. The average Bonchev–Trinajstić information content (AvgIpc) is 2.98. The van der Waals surface area contributed by atoms with Crippen molar-refractivity contribution in [1.82, 2.24) is 0 Å². The van der Waals surface area contributed by atoms with Gasteiger partial charge in [-0.25, -0.2) is 0 Å². The second-order valence-corrected chi connectivity index (χ2v) is 4.54. The third-order valence-electron chi connectivity index (χ3n) is 2.89. The number of hydrogen-bond donors (Lipinski definition) is 1. The van der Waals surface area contributed by atoms with Gasteiger partial charge in [0, 0.05) is 6.04 Å². The van der Waals surface area contributed by atoms with Crippen LogP contribution in [-0.4, -0.2) is 6.04 Å². The van der Waals surface area contributed by atoms with Gasteiger partial charge in [-0.15, -0.1) is 0 Å². The van der Waals surface area contributed by atoms with Crippen LogP contribution >= 0.6 is 0 Å². The summed E-state index contributed by atoms with van der Waals surface area (Å²) < 4.78 is 0. The Morgan fingerprint density at radius 2 is 2.21 bits per heavy atom. The maximum Gasteiger partial charge on any atom is 0.00136 e. The highest BCUT2D eigenvalue weighted by Gasteiger charge is 2.23. The molecular formula is C13H19N. The average molecular weight is 189 g/mol. The Hall–Kier alpha value is -0.820. The Labute approximate surface area is 86.3 Å². The van der Waals surface area contributed by atoms with Gasteiger partial charge >= 0.3 is 0 Å². The zero-order valence-corrected chi connectivity index (χ0v) is 8.87. The topological polar surface area (TPSA) is 26.0 Å². The van der Waals surface area contributed by atoms with Crippen molar-refractivity contribution in [3.8, 4) is 0 Å². The van der Waals surface area contributed by atoms with Crippen molar-refractivity contribution in [3.05, 3.63) is 35.4 Å². The Kier molecular flexibility index (Phi) is 2.87. The van der Waals surface area contributed by atoms with E-state index in [0.29, 0.717) is 6.04 Å². The summed E-state index contributed by atoms with van der Waals surface area (Å²) in [7, 11) is 0. The quantitative estimate of drug-likeness (QED) is 0.774. The van der Waals surface area contributed by atoms with E-state index in [1.54, 1.807) is 0 Å². The van der Waals surface area contributed by atoms with Crippen LogP contribution in [0.25, 0.3) is 0 Å². The van der Waals surface area contributed by atoms with Gasteiger partial charge in [0.25, 0.3) is 0 Å². The summed E-state index contributed by atoms with van der Waals surface area (Å²) in [4.78, 5) is 0. The zero-order valence-electron chi connectivity index (χ0n) is 8.87. The second-order valence-electron chi connectivity index (χ2n) is 4.54. The molecule has 1 aliphatic carbocycles. The largest absolute Gasteiger partial charge is 0.328 e. The minimum Gasteiger partial charge on any atom is -0.328 e. The minimum absolute atomic E-state index is 0.319. The van der Waals surface area contributed by atoms with Crippen molar-refractivity contribution >= 4 is 0 Å². The van der Waals surface area contributed by atoms with E-state index in [9.17, 15) is 0 Å². The van der Waals surface area contributed by atoms with E-state index < -0.39 is 0 Å². The molecular weight excluding hydrogens is 170 g/mol. The van der Waals surface area contributed by atoms with Gasteiger partial charge in [0.15, 0.2) is 0 Å². The SMILES string of the molecule is C[C@@H](N)CCc1cccc(C2CC2)c1. The predicted molar refractivity (Wildman–Crippen MR) is 60.4 cm³/mol. The fraction of sp³-hybridized carbons (Fsp3) is 0.538. The van der Waals surface area contributed by atoms with Gasteiger partial charge in [-0.3, -0.25) is 0 Å². The third-order valence-corrected chi connectivity index (χ3v) is 2.89. The van der Waals surface area contributed by atoms with Gasteiger partial charge in [-0.1, -0.05) is 24.3 Å². The van der Waals surface area contributed by atoms with Gasteiger partial charge in [0.1, 0.15) is 0 Å². The van der Waals surface area contributed by atoms with E-state index in [1.165, 1.54) is 24.0 Å². The highest BCUT2D eigenvalue weighted by Crippen LogP contribution is 2.40. The molecule has 76 valence electrons. The number of hydrogen-bond acceptors (Lipinski definition) is 1. The lowest BCUT2D eigenvalue weighted by Crippen LogP contribution is -2.15. The van der Waals surface area contributed by atoms with Crippen LogP contribution in [0.3, 0.4) is 0 Å². The van der Waals surface area contributed by atoms with Gasteiger partial charge < -0.3 is 5.73 Å². The summed E-state index contributed by atoms with van der Waals surface area (Å²) in [6, 6.07) is 9.34. The van der Waals surface area contributed by atoms with Crippen LogP contribution < -0.4 is 5.73 Å². The standard InChI is InChI=1S/C13H19N/c1-10(14)5-6-11-3-2-4-13(9-11)12-7-8-12/h2-4,9-10,12H,5-8,14H2,1H3/t10-/m1/s1. The van der Waals surface area contributed by atoms with E-state index in [2.05, 4.69) is 31.2 Å². The van der Waals surface area contributed by atoms with Crippen molar-refractivity contribution in [2.24, 2.45) is 5.73 Å². The van der Waals surface area contributed by atoms with Crippen LogP contribution in [-0.2, 0) is 6.42 Å². The van der Waals surface area contributed by atoms with Crippen LogP contribution in [0.4, 0.5) is 0 Å². The van der Waals surface area contributed by atoms with Crippen molar-refractivity contribution < 1.29 is 0 Å². The van der Waals surface area contributed by atoms with Crippen molar-refractivity contribution in [2.75, 3.05) is 0 Å². The van der Waals surface area contributed by atoms with E-state index >= 15 is 0 Å². The highest BCUT2D eigenvalue weighted by molar-refractivity contribution is 5.29. The fourth-order valence-electron chi connectivity index (χ4n) is 1.81. The Morgan fingerprint density at radius 1 is 1.43 bits per heavy atom. The second kappa shape index (κ2) is 4.14. The predicted octanol–water partition coefficient (Wildman–Crippen LogP) is 2.84. The molecule has 1 heteroatoms. The fourth-order valence-corrected chi connectivity index (χ4v) is 1.81. The summed E-state index contributed by atoms with van der Waals surface area (Å²) in [5, 5.41) is 0. The van der Waals surface area contributed by atoms with Crippen molar-refractivity contribution in [2.45, 2.75) is 44.6 Å². The smallest absolute Gasteiger partial charge is 0.00136 e. The molecule has 2 N–H and O–H groups in total.